The molecule has 1 aliphatic heterocycles. The van der Waals surface area contributed by atoms with Crippen LogP contribution in [0, 0.1) is 6.92 Å². The van der Waals surface area contributed by atoms with E-state index in [0.29, 0.717) is 10.0 Å². The molecule has 1 saturated heterocycles. The summed E-state index contributed by atoms with van der Waals surface area (Å²) in [5.74, 6) is -0.923. The number of thiazole rings is 1. The second-order valence-corrected chi connectivity index (χ2v) is 9.13. The Morgan fingerprint density at radius 1 is 1.10 bits per heavy atom. The van der Waals surface area contributed by atoms with E-state index >= 15 is 0 Å². The summed E-state index contributed by atoms with van der Waals surface area (Å²) < 4.78 is 0. The molecule has 0 radical (unpaired) electrons. The van der Waals surface area contributed by atoms with Gasteiger partial charge in [-0.2, -0.15) is 0 Å². The molecule has 1 fully saturated rings. The van der Waals surface area contributed by atoms with E-state index in [1.54, 1.807) is 12.3 Å². The first-order valence-electron chi connectivity index (χ1n) is 9.58. The molecule has 2 aromatic carbocycles. The molecule has 1 aliphatic rings. The maximum Gasteiger partial charge on any atom is 0.294 e. The van der Waals surface area contributed by atoms with Crippen molar-refractivity contribution in [3.8, 4) is 0 Å². The molecule has 0 aliphatic carbocycles. The van der Waals surface area contributed by atoms with Gasteiger partial charge in [-0.05, 0) is 35.9 Å². The average molecular weight is 450 g/mol. The zero-order chi connectivity index (χ0) is 21.8. The summed E-state index contributed by atoms with van der Waals surface area (Å²) in [6, 6.07) is 17.5. The summed E-state index contributed by atoms with van der Waals surface area (Å²) >= 11 is 2.21. The standard InChI is InChI=1S/C23H19N3O3S2/c1-15-7-9-17(10-8-15)11-18-13-24-22(30-18)25-20(27)14-26-21(28)19(31-23(26)29)12-16-5-3-2-4-6-16/h2-10,12-13H,11,14H2,1H3,(H,24,25,27)/b19-12-. The van der Waals surface area contributed by atoms with Crippen LogP contribution in [0.15, 0.2) is 65.7 Å². The van der Waals surface area contributed by atoms with E-state index in [4.69, 9.17) is 0 Å². The third kappa shape index (κ3) is 5.28. The minimum absolute atomic E-state index is 0.304. The van der Waals surface area contributed by atoms with Crippen molar-refractivity contribution in [2.75, 3.05) is 11.9 Å². The highest BCUT2D eigenvalue weighted by Crippen LogP contribution is 2.32. The Morgan fingerprint density at radius 3 is 2.58 bits per heavy atom. The van der Waals surface area contributed by atoms with Crippen molar-refractivity contribution in [2.24, 2.45) is 0 Å². The Hall–Kier alpha value is -3.23. The number of carbonyl (C=O) groups is 3. The highest BCUT2D eigenvalue weighted by Gasteiger charge is 2.36. The quantitative estimate of drug-likeness (QED) is 0.551. The molecule has 156 valence electrons. The highest BCUT2D eigenvalue weighted by atomic mass is 32.2. The number of amides is 3. The number of rotatable bonds is 6. The molecule has 0 unspecified atom stereocenters. The summed E-state index contributed by atoms with van der Waals surface area (Å²) in [7, 11) is 0. The van der Waals surface area contributed by atoms with E-state index in [9.17, 15) is 14.4 Å². The lowest BCUT2D eigenvalue weighted by atomic mass is 10.1. The van der Waals surface area contributed by atoms with E-state index < -0.39 is 17.1 Å². The molecule has 8 heteroatoms. The number of anilines is 1. The highest BCUT2D eigenvalue weighted by molar-refractivity contribution is 8.18. The molecule has 6 nitrogen and oxygen atoms in total. The third-order valence-electron chi connectivity index (χ3n) is 4.57. The predicted octanol–water partition coefficient (Wildman–Crippen LogP) is 4.72. The summed E-state index contributed by atoms with van der Waals surface area (Å²) in [6.07, 6.45) is 4.10. The number of thioether (sulfide) groups is 1. The lowest BCUT2D eigenvalue weighted by Gasteiger charge is -2.11. The number of nitrogens with one attached hydrogen (secondary N) is 1. The van der Waals surface area contributed by atoms with Crippen molar-refractivity contribution < 1.29 is 14.4 Å². The number of hydrogen-bond donors (Lipinski definition) is 1. The Morgan fingerprint density at radius 2 is 1.84 bits per heavy atom. The van der Waals surface area contributed by atoms with Gasteiger partial charge in [0.25, 0.3) is 11.1 Å². The van der Waals surface area contributed by atoms with Crippen LogP contribution in [0.2, 0.25) is 0 Å². The normalized spacial score (nSPS) is 15.0. The van der Waals surface area contributed by atoms with Crippen molar-refractivity contribution in [2.45, 2.75) is 13.3 Å². The molecule has 3 amide bonds. The summed E-state index contributed by atoms with van der Waals surface area (Å²) in [5.41, 5.74) is 3.18. The minimum atomic E-state index is -0.465. The minimum Gasteiger partial charge on any atom is -0.300 e. The van der Waals surface area contributed by atoms with Crippen LogP contribution in [-0.4, -0.2) is 33.5 Å². The largest absolute Gasteiger partial charge is 0.300 e. The van der Waals surface area contributed by atoms with Crippen LogP contribution >= 0.6 is 23.1 Å². The Kier molecular flexibility index (Phi) is 6.29. The van der Waals surface area contributed by atoms with Gasteiger partial charge in [-0.25, -0.2) is 4.98 Å². The van der Waals surface area contributed by atoms with Crippen LogP contribution in [0.25, 0.3) is 6.08 Å². The van der Waals surface area contributed by atoms with Crippen molar-refractivity contribution >= 4 is 51.4 Å². The van der Waals surface area contributed by atoms with Gasteiger partial charge in [0.05, 0.1) is 4.91 Å². The lowest BCUT2D eigenvalue weighted by Crippen LogP contribution is -2.36. The van der Waals surface area contributed by atoms with E-state index in [0.717, 1.165) is 39.1 Å². The average Bonchev–Trinajstić information content (AvgIpc) is 3.29. The molecule has 0 atom stereocenters. The van der Waals surface area contributed by atoms with E-state index in [2.05, 4.69) is 34.6 Å². The fourth-order valence-electron chi connectivity index (χ4n) is 2.99. The topological polar surface area (TPSA) is 79.4 Å². The van der Waals surface area contributed by atoms with Gasteiger partial charge in [0, 0.05) is 17.5 Å². The summed E-state index contributed by atoms with van der Waals surface area (Å²) in [5, 5.41) is 2.67. The maximum absolute atomic E-state index is 12.6. The van der Waals surface area contributed by atoms with Crippen LogP contribution in [0.1, 0.15) is 21.6 Å². The number of imide groups is 1. The van der Waals surface area contributed by atoms with E-state index in [-0.39, 0.29) is 6.54 Å². The molecule has 0 bridgehead atoms. The third-order valence-corrected chi connectivity index (χ3v) is 6.39. The zero-order valence-electron chi connectivity index (χ0n) is 16.7. The molecule has 31 heavy (non-hydrogen) atoms. The van der Waals surface area contributed by atoms with Gasteiger partial charge in [-0.3, -0.25) is 19.3 Å². The number of aromatic nitrogens is 1. The van der Waals surface area contributed by atoms with Gasteiger partial charge < -0.3 is 5.32 Å². The smallest absolute Gasteiger partial charge is 0.294 e. The predicted molar refractivity (Wildman–Crippen MR) is 124 cm³/mol. The van der Waals surface area contributed by atoms with Crippen LogP contribution in [0.3, 0.4) is 0 Å². The van der Waals surface area contributed by atoms with Crippen LogP contribution in [0.5, 0.6) is 0 Å². The lowest BCUT2D eigenvalue weighted by molar-refractivity contribution is -0.127. The molecular formula is C23H19N3O3S2. The van der Waals surface area contributed by atoms with Gasteiger partial charge in [0.15, 0.2) is 5.13 Å². The van der Waals surface area contributed by atoms with Crippen molar-refractivity contribution in [1.82, 2.24) is 9.88 Å². The van der Waals surface area contributed by atoms with Gasteiger partial charge >= 0.3 is 0 Å². The monoisotopic (exact) mass is 449 g/mol. The first-order chi connectivity index (χ1) is 15.0. The Bertz CT molecular complexity index is 1150. The second kappa shape index (κ2) is 9.28. The summed E-state index contributed by atoms with van der Waals surface area (Å²) in [6.45, 7) is 1.70. The maximum atomic E-state index is 12.6. The SMILES string of the molecule is Cc1ccc(Cc2cnc(NC(=O)CN3C(=O)S/C(=C\c4ccccc4)C3=O)s2)cc1. The molecule has 1 N–H and O–H groups in total. The van der Waals surface area contributed by atoms with Crippen molar-refractivity contribution in [3.63, 3.8) is 0 Å². The number of hydrogen-bond acceptors (Lipinski definition) is 6. The fraction of sp³-hybridized carbons (Fsp3) is 0.130. The van der Waals surface area contributed by atoms with Gasteiger partial charge in [0.2, 0.25) is 5.91 Å². The number of carbonyl (C=O) groups excluding carboxylic acids is 3. The van der Waals surface area contributed by atoms with Crippen molar-refractivity contribution in [1.29, 1.82) is 0 Å². The zero-order valence-corrected chi connectivity index (χ0v) is 18.3. The molecule has 2 heterocycles. The molecular weight excluding hydrogens is 430 g/mol. The molecule has 0 spiro atoms. The van der Waals surface area contributed by atoms with E-state index in [1.165, 1.54) is 16.9 Å². The number of nitrogens with zero attached hydrogens (tertiary/aromatic N) is 2. The number of benzene rings is 2. The Labute approximate surface area is 188 Å². The fourth-order valence-corrected chi connectivity index (χ4v) is 4.69. The van der Waals surface area contributed by atoms with Gasteiger partial charge in [-0.1, -0.05) is 60.2 Å². The van der Waals surface area contributed by atoms with Gasteiger partial charge in [0.1, 0.15) is 6.54 Å². The number of aryl methyl sites for hydroxylation is 1. The molecule has 3 aromatic rings. The van der Waals surface area contributed by atoms with Gasteiger partial charge in [-0.15, -0.1) is 11.3 Å². The molecule has 4 rings (SSSR count). The van der Waals surface area contributed by atoms with Crippen LogP contribution in [-0.2, 0) is 16.0 Å². The van der Waals surface area contributed by atoms with E-state index in [1.807, 2.05) is 37.3 Å². The van der Waals surface area contributed by atoms with Crippen molar-refractivity contribution in [3.05, 3.63) is 87.3 Å². The molecule has 0 saturated carbocycles. The second-order valence-electron chi connectivity index (χ2n) is 7.02. The molecule has 1 aromatic heterocycles. The summed E-state index contributed by atoms with van der Waals surface area (Å²) in [4.78, 5) is 43.7. The van der Waals surface area contributed by atoms with Crippen LogP contribution < -0.4 is 5.32 Å². The first-order valence-corrected chi connectivity index (χ1v) is 11.2. The Balaban J connectivity index is 1.36. The first kappa shape index (κ1) is 21.0. The van der Waals surface area contributed by atoms with Crippen LogP contribution in [0.4, 0.5) is 9.93 Å².